The topological polar surface area (TPSA) is 58.4 Å². The first-order valence-electron chi connectivity index (χ1n) is 7.31. The van der Waals surface area contributed by atoms with E-state index in [2.05, 4.69) is 31.8 Å². The lowest BCUT2D eigenvalue weighted by Crippen LogP contribution is -2.24. The van der Waals surface area contributed by atoms with Gasteiger partial charge in [-0.3, -0.25) is 0 Å². The molecular formula is C18H15BrN4O. The van der Waals surface area contributed by atoms with Gasteiger partial charge in [-0.2, -0.15) is 5.10 Å². The van der Waals surface area contributed by atoms with Crippen LogP contribution in [0.25, 0.3) is 5.69 Å². The van der Waals surface area contributed by atoms with Crippen molar-refractivity contribution in [2.75, 3.05) is 5.32 Å². The van der Waals surface area contributed by atoms with Crippen molar-refractivity contribution in [3.8, 4) is 5.69 Å². The molecule has 6 heteroatoms. The summed E-state index contributed by atoms with van der Waals surface area (Å²) in [5, 5.41) is 6.70. The van der Waals surface area contributed by atoms with Gasteiger partial charge in [0.15, 0.2) is 0 Å². The Balaban J connectivity index is 1.64. The van der Waals surface area contributed by atoms with Crippen molar-refractivity contribution in [3.63, 3.8) is 0 Å². The minimum atomic E-state index is -0.390. The highest BCUT2D eigenvalue weighted by atomic mass is 79.9. The van der Waals surface area contributed by atoms with Crippen LogP contribution in [0.15, 0.2) is 82.5 Å². The minimum absolute atomic E-state index is 0.390. The molecule has 1 aromatic heterocycles. The first-order chi connectivity index (χ1) is 11.7. The van der Waals surface area contributed by atoms with Crippen LogP contribution in [0, 0.1) is 0 Å². The van der Waals surface area contributed by atoms with Crippen LogP contribution in [0.5, 0.6) is 0 Å². The third-order valence-electron chi connectivity index (χ3n) is 3.28. The molecule has 0 aliphatic rings. The molecule has 0 saturated carbocycles. The number of nitrogens with zero attached hydrogens (tertiary/aromatic N) is 2. The molecule has 2 aromatic carbocycles. The lowest BCUT2D eigenvalue weighted by atomic mass is 10.3. The van der Waals surface area contributed by atoms with Crippen LogP contribution in [-0.4, -0.2) is 16.8 Å². The fourth-order valence-electron chi connectivity index (χ4n) is 2.17. The van der Waals surface area contributed by atoms with Gasteiger partial charge in [0.25, 0.3) is 0 Å². The third kappa shape index (κ3) is 4.11. The zero-order valence-corrected chi connectivity index (χ0v) is 14.3. The molecule has 0 bridgehead atoms. The Labute approximate surface area is 148 Å². The first-order valence-corrected chi connectivity index (χ1v) is 8.10. The van der Waals surface area contributed by atoms with Crippen molar-refractivity contribution >= 4 is 33.9 Å². The molecule has 0 aliphatic heterocycles. The van der Waals surface area contributed by atoms with E-state index in [9.17, 15) is 4.79 Å². The highest BCUT2D eigenvalue weighted by Crippen LogP contribution is 2.15. The van der Waals surface area contributed by atoms with E-state index >= 15 is 0 Å². The van der Waals surface area contributed by atoms with Crippen molar-refractivity contribution in [1.29, 1.82) is 0 Å². The van der Waals surface area contributed by atoms with Crippen LogP contribution in [0.4, 0.5) is 10.5 Å². The van der Waals surface area contributed by atoms with Gasteiger partial charge in [0, 0.05) is 22.0 Å². The average molecular weight is 383 g/mol. The molecule has 24 heavy (non-hydrogen) atoms. The van der Waals surface area contributed by atoms with E-state index in [-0.39, 0.29) is 6.03 Å². The summed E-state index contributed by atoms with van der Waals surface area (Å²) in [6, 6.07) is 20.6. The zero-order valence-electron chi connectivity index (χ0n) is 12.7. The van der Waals surface area contributed by atoms with E-state index < -0.39 is 0 Å². The van der Waals surface area contributed by atoms with Crippen LogP contribution in [0.1, 0.15) is 5.69 Å². The Morgan fingerprint density at radius 1 is 1.00 bits per heavy atom. The number of benzene rings is 2. The van der Waals surface area contributed by atoms with E-state index in [0.29, 0.717) is 5.69 Å². The van der Waals surface area contributed by atoms with Gasteiger partial charge in [-0.25, -0.2) is 10.2 Å². The van der Waals surface area contributed by atoms with Gasteiger partial charge < -0.3 is 9.88 Å². The smallest absolute Gasteiger partial charge is 0.316 e. The van der Waals surface area contributed by atoms with Crippen LogP contribution < -0.4 is 10.7 Å². The molecule has 3 aromatic rings. The molecule has 1 heterocycles. The Morgan fingerprint density at radius 2 is 1.75 bits per heavy atom. The maximum Gasteiger partial charge on any atom is 0.339 e. The van der Waals surface area contributed by atoms with E-state index in [1.54, 1.807) is 6.21 Å². The molecule has 2 N–H and O–H groups in total. The number of hydrogen-bond donors (Lipinski definition) is 2. The summed E-state index contributed by atoms with van der Waals surface area (Å²) in [6.45, 7) is 0. The Morgan fingerprint density at radius 3 is 2.50 bits per heavy atom. The van der Waals surface area contributed by atoms with Crippen molar-refractivity contribution in [1.82, 2.24) is 9.99 Å². The number of rotatable bonds is 4. The van der Waals surface area contributed by atoms with Gasteiger partial charge in [0.1, 0.15) is 0 Å². The fraction of sp³-hybridized carbons (Fsp3) is 0. The standard InChI is InChI=1S/C18H15BrN4O/c19-14-8-10-16(11-9-14)23-12-4-7-17(23)13-20-22-18(24)21-15-5-2-1-3-6-15/h1-13H,(H2,21,22,24)/b20-13+. The molecule has 0 aliphatic carbocycles. The van der Waals surface area contributed by atoms with Crippen molar-refractivity contribution in [2.24, 2.45) is 5.10 Å². The van der Waals surface area contributed by atoms with Gasteiger partial charge in [0.05, 0.1) is 11.9 Å². The monoisotopic (exact) mass is 382 g/mol. The summed E-state index contributed by atoms with van der Waals surface area (Å²) in [6.07, 6.45) is 3.54. The molecule has 0 atom stereocenters. The molecule has 0 spiro atoms. The van der Waals surface area contributed by atoms with E-state index in [0.717, 1.165) is 15.9 Å². The number of amides is 2. The van der Waals surface area contributed by atoms with Gasteiger partial charge in [0.2, 0.25) is 0 Å². The highest BCUT2D eigenvalue weighted by Gasteiger charge is 2.02. The van der Waals surface area contributed by atoms with Crippen LogP contribution in [-0.2, 0) is 0 Å². The molecule has 5 nitrogen and oxygen atoms in total. The number of carbonyl (C=O) groups is 1. The number of urea groups is 1. The maximum atomic E-state index is 11.8. The summed E-state index contributed by atoms with van der Waals surface area (Å²) in [5.41, 5.74) is 5.04. The summed E-state index contributed by atoms with van der Waals surface area (Å²) in [5.74, 6) is 0. The molecule has 3 rings (SSSR count). The second-order valence-electron chi connectivity index (χ2n) is 4.97. The first kappa shape index (κ1) is 16.0. The minimum Gasteiger partial charge on any atom is -0.316 e. The number of hydrazone groups is 1. The number of anilines is 1. The van der Waals surface area contributed by atoms with Gasteiger partial charge in [-0.05, 0) is 48.5 Å². The van der Waals surface area contributed by atoms with E-state index in [1.807, 2.05) is 77.5 Å². The third-order valence-corrected chi connectivity index (χ3v) is 3.81. The fourth-order valence-corrected chi connectivity index (χ4v) is 2.44. The number of halogens is 1. The SMILES string of the molecule is O=C(N/N=C/c1cccn1-c1ccc(Br)cc1)Nc1ccccc1. The van der Waals surface area contributed by atoms with Crippen molar-refractivity contribution < 1.29 is 4.79 Å². The Bertz CT molecular complexity index is 841. The second kappa shape index (κ2) is 7.61. The molecule has 0 unspecified atom stereocenters. The van der Waals surface area contributed by atoms with Crippen molar-refractivity contribution in [3.05, 3.63) is 83.1 Å². The van der Waals surface area contributed by atoms with Gasteiger partial charge in [-0.1, -0.05) is 34.1 Å². The van der Waals surface area contributed by atoms with Gasteiger partial charge in [-0.15, -0.1) is 0 Å². The molecular weight excluding hydrogens is 368 g/mol. The number of nitrogens with one attached hydrogen (secondary N) is 2. The van der Waals surface area contributed by atoms with Crippen LogP contribution >= 0.6 is 15.9 Å². The number of aromatic nitrogens is 1. The lowest BCUT2D eigenvalue weighted by Gasteiger charge is -2.06. The zero-order chi connectivity index (χ0) is 16.8. The quantitative estimate of drug-likeness (QED) is 0.509. The summed E-state index contributed by atoms with van der Waals surface area (Å²) in [7, 11) is 0. The summed E-state index contributed by atoms with van der Waals surface area (Å²) in [4.78, 5) is 11.8. The Hall–Kier alpha value is -2.86. The number of para-hydroxylation sites is 1. The second-order valence-corrected chi connectivity index (χ2v) is 5.89. The molecule has 120 valence electrons. The number of hydrogen-bond acceptors (Lipinski definition) is 2. The maximum absolute atomic E-state index is 11.8. The Kier molecular flexibility index (Phi) is 5.08. The van der Waals surface area contributed by atoms with E-state index in [1.165, 1.54) is 0 Å². The van der Waals surface area contributed by atoms with Crippen molar-refractivity contribution in [2.45, 2.75) is 0 Å². The largest absolute Gasteiger partial charge is 0.339 e. The van der Waals surface area contributed by atoms with E-state index in [4.69, 9.17) is 0 Å². The molecule has 0 fully saturated rings. The number of carbonyl (C=O) groups excluding carboxylic acids is 1. The lowest BCUT2D eigenvalue weighted by molar-refractivity contribution is 0.252. The van der Waals surface area contributed by atoms with Crippen LogP contribution in [0.2, 0.25) is 0 Å². The molecule has 2 amide bonds. The molecule has 0 saturated heterocycles. The summed E-state index contributed by atoms with van der Waals surface area (Å²) >= 11 is 3.42. The average Bonchev–Trinajstić information content (AvgIpc) is 3.05. The predicted molar refractivity (Wildman–Crippen MR) is 99.7 cm³/mol. The predicted octanol–water partition coefficient (Wildman–Crippen LogP) is 4.40. The highest BCUT2D eigenvalue weighted by molar-refractivity contribution is 9.10. The van der Waals surface area contributed by atoms with Crippen LogP contribution in [0.3, 0.4) is 0 Å². The van der Waals surface area contributed by atoms with Gasteiger partial charge >= 0.3 is 6.03 Å². The normalized spacial score (nSPS) is 10.7. The molecule has 0 radical (unpaired) electrons. The summed E-state index contributed by atoms with van der Waals surface area (Å²) < 4.78 is 3.00.